The summed E-state index contributed by atoms with van der Waals surface area (Å²) in [5, 5.41) is 11.4. The first kappa shape index (κ1) is 26.1. The van der Waals surface area contributed by atoms with Gasteiger partial charge in [-0.2, -0.15) is 0 Å². The normalized spacial score (nSPS) is 20.0. The van der Waals surface area contributed by atoms with Gasteiger partial charge in [0.05, 0.1) is 17.1 Å². The third kappa shape index (κ3) is 4.12. The van der Waals surface area contributed by atoms with E-state index in [2.05, 4.69) is 138 Å². The van der Waals surface area contributed by atoms with E-state index in [-0.39, 0.29) is 6.17 Å². The van der Waals surface area contributed by atoms with Crippen molar-refractivity contribution >= 4 is 52.2 Å². The highest BCUT2D eigenvalue weighted by Gasteiger charge is 2.39. The summed E-state index contributed by atoms with van der Waals surface area (Å²) in [4.78, 5) is 2.51. The molecule has 0 aromatic heterocycles. The molecule has 0 spiro atoms. The average molecular weight is 587 g/mol. The third-order valence-electron chi connectivity index (χ3n) is 9.87. The number of hydrogen-bond donors (Lipinski definition) is 1. The van der Waals surface area contributed by atoms with E-state index in [1.807, 2.05) is 0 Å². The minimum absolute atomic E-state index is 0.174. The standard InChI is InChI=1S/C41H35N2P/c1-3-13-29(14-4-1)44(30-15-5-2-6-16-30)40-26-25-31(32-17-7-8-19-34(32)40)28-23-24-35-36(27-28)33-18-9-11-21-38(33)43-39-22-12-10-20-37(39)42-41(35)43/h1-3,5,7-13,15,17-22,25-27,41-42H,4,6,14,16,23-24H2. The van der Waals surface area contributed by atoms with Crippen molar-refractivity contribution in [1.82, 2.24) is 0 Å². The van der Waals surface area contributed by atoms with Crippen molar-refractivity contribution in [2.24, 2.45) is 0 Å². The van der Waals surface area contributed by atoms with Gasteiger partial charge in [0.2, 0.25) is 0 Å². The maximum absolute atomic E-state index is 3.86. The Balaban J connectivity index is 1.18. The lowest BCUT2D eigenvalue weighted by Crippen LogP contribution is -2.38. The zero-order valence-electron chi connectivity index (χ0n) is 24.8. The molecule has 9 rings (SSSR count). The molecular weight excluding hydrogens is 551 g/mol. The van der Waals surface area contributed by atoms with Crippen LogP contribution >= 0.6 is 7.92 Å². The number of rotatable bonds is 4. The smallest absolute Gasteiger partial charge is 0.127 e. The predicted molar refractivity (Wildman–Crippen MR) is 190 cm³/mol. The van der Waals surface area contributed by atoms with Crippen LogP contribution in [0.4, 0.5) is 17.1 Å². The Morgan fingerprint density at radius 1 is 0.636 bits per heavy atom. The number of benzene rings is 4. The fraction of sp³-hybridized carbons (Fsp3) is 0.171. The first-order valence-electron chi connectivity index (χ1n) is 16.1. The highest BCUT2D eigenvalue weighted by Crippen LogP contribution is 2.58. The molecule has 3 heteroatoms. The van der Waals surface area contributed by atoms with Gasteiger partial charge in [0.1, 0.15) is 6.17 Å². The minimum Gasteiger partial charge on any atom is -0.360 e. The van der Waals surface area contributed by atoms with Crippen LogP contribution in [0.25, 0.3) is 21.9 Å². The topological polar surface area (TPSA) is 15.3 Å². The molecule has 1 N–H and O–H groups in total. The van der Waals surface area contributed by atoms with Gasteiger partial charge in [0.15, 0.2) is 0 Å². The van der Waals surface area contributed by atoms with Crippen LogP contribution in [0.5, 0.6) is 0 Å². The van der Waals surface area contributed by atoms with Crippen LogP contribution in [0, 0.1) is 0 Å². The van der Waals surface area contributed by atoms with E-state index < -0.39 is 7.92 Å². The minimum atomic E-state index is -0.521. The van der Waals surface area contributed by atoms with Gasteiger partial charge in [0.25, 0.3) is 0 Å². The molecule has 2 nitrogen and oxygen atoms in total. The molecule has 5 aliphatic rings. The second kappa shape index (κ2) is 10.7. The lowest BCUT2D eigenvalue weighted by Gasteiger charge is -2.38. The number of nitrogens with zero attached hydrogens (tertiary/aromatic N) is 1. The van der Waals surface area contributed by atoms with E-state index >= 15 is 0 Å². The zero-order chi connectivity index (χ0) is 29.0. The number of anilines is 3. The highest BCUT2D eigenvalue weighted by atomic mass is 31.1. The summed E-state index contributed by atoms with van der Waals surface area (Å²) >= 11 is 0. The van der Waals surface area contributed by atoms with Gasteiger partial charge < -0.3 is 10.2 Å². The lowest BCUT2D eigenvalue weighted by molar-refractivity contribution is 0.788. The number of fused-ring (bicyclic) bond motifs is 8. The molecule has 44 heavy (non-hydrogen) atoms. The lowest BCUT2D eigenvalue weighted by atomic mass is 9.81. The summed E-state index contributed by atoms with van der Waals surface area (Å²) in [5.74, 6) is 0. The molecule has 0 bridgehead atoms. The molecule has 2 heterocycles. The van der Waals surface area contributed by atoms with Gasteiger partial charge in [-0.05, 0) is 114 Å². The summed E-state index contributed by atoms with van der Waals surface area (Å²) in [7, 11) is -0.521. The molecule has 214 valence electrons. The molecule has 1 unspecified atom stereocenters. The second-order valence-corrected chi connectivity index (χ2v) is 14.6. The summed E-state index contributed by atoms with van der Waals surface area (Å²) in [6, 6.07) is 31.8. The number of nitrogens with one attached hydrogen (secondary N) is 1. The summed E-state index contributed by atoms with van der Waals surface area (Å²) in [6.45, 7) is 0. The van der Waals surface area contributed by atoms with Crippen LogP contribution in [0.2, 0.25) is 0 Å². The molecule has 3 aliphatic carbocycles. The Morgan fingerprint density at radius 2 is 1.34 bits per heavy atom. The monoisotopic (exact) mass is 586 g/mol. The largest absolute Gasteiger partial charge is 0.360 e. The van der Waals surface area contributed by atoms with E-state index in [4.69, 9.17) is 0 Å². The second-order valence-electron chi connectivity index (χ2n) is 12.3. The molecule has 0 fully saturated rings. The van der Waals surface area contributed by atoms with E-state index in [1.165, 1.54) is 61.0 Å². The first-order chi connectivity index (χ1) is 21.8. The van der Waals surface area contributed by atoms with Gasteiger partial charge in [-0.25, -0.2) is 0 Å². The molecular formula is C41H35N2P. The van der Waals surface area contributed by atoms with E-state index in [0.29, 0.717) is 0 Å². The summed E-state index contributed by atoms with van der Waals surface area (Å²) < 4.78 is 0. The van der Waals surface area contributed by atoms with E-state index in [0.717, 1.165) is 38.5 Å². The molecule has 1 atom stereocenters. The fourth-order valence-corrected chi connectivity index (χ4v) is 10.7. The van der Waals surface area contributed by atoms with Crippen molar-refractivity contribution in [2.75, 3.05) is 10.2 Å². The molecule has 0 saturated carbocycles. The number of para-hydroxylation sites is 3. The molecule has 0 radical (unpaired) electrons. The van der Waals surface area contributed by atoms with E-state index in [9.17, 15) is 0 Å². The van der Waals surface area contributed by atoms with Crippen LogP contribution in [0.15, 0.2) is 144 Å². The Hall–Kier alpha value is -4.39. The maximum atomic E-state index is 3.86. The molecule has 4 aromatic carbocycles. The highest BCUT2D eigenvalue weighted by molar-refractivity contribution is 7.74. The van der Waals surface area contributed by atoms with Crippen molar-refractivity contribution in [1.29, 1.82) is 0 Å². The van der Waals surface area contributed by atoms with Crippen molar-refractivity contribution in [2.45, 2.75) is 44.7 Å². The van der Waals surface area contributed by atoms with Crippen LogP contribution < -0.4 is 15.5 Å². The maximum Gasteiger partial charge on any atom is 0.127 e. The van der Waals surface area contributed by atoms with Crippen LogP contribution in [0.3, 0.4) is 0 Å². The van der Waals surface area contributed by atoms with Crippen LogP contribution in [-0.4, -0.2) is 6.17 Å². The van der Waals surface area contributed by atoms with Gasteiger partial charge >= 0.3 is 0 Å². The average Bonchev–Trinajstić information content (AvgIpc) is 3.49. The van der Waals surface area contributed by atoms with Crippen LogP contribution in [-0.2, 0) is 0 Å². The Morgan fingerprint density at radius 3 is 2.11 bits per heavy atom. The van der Waals surface area contributed by atoms with Crippen molar-refractivity contribution < 1.29 is 0 Å². The Kier molecular flexibility index (Phi) is 6.31. The SMILES string of the molecule is C1=CCCC(P(C2=CC=CCC2)c2ccc(C3=CC4=C(CC3)C3Nc5ccccc5N3c3ccccc34)c3ccccc23)=C1. The van der Waals surface area contributed by atoms with Gasteiger partial charge in [-0.1, -0.05) is 109 Å². The first-order valence-corrected chi connectivity index (χ1v) is 17.4. The number of hydrogen-bond acceptors (Lipinski definition) is 2. The summed E-state index contributed by atoms with van der Waals surface area (Å²) in [6.07, 6.45) is 23.4. The van der Waals surface area contributed by atoms with Crippen molar-refractivity contribution in [3.63, 3.8) is 0 Å². The fourth-order valence-electron chi connectivity index (χ4n) is 7.87. The summed E-state index contributed by atoms with van der Waals surface area (Å²) in [5.41, 5.74) is 10.9. The Labute approximate surface area is 261 Å². The van der Waals surface area contributed by atoms with Gasteiger partial charge in [-0.15, -0.1) is 0 Å². The molecule has 0 saturated heterocycles. The molecule has 0 amide bonds. The molecule has 2 aliphatic heterocycles. The van der Waals surface area contributed by atoms with E-state index in [1.54, 1.807) is 10.6 Å². The Bertz CT molecular complexity index is 1990. The van der Waals surface area contributed by atoms with Gasteiger partial charge in [-0.3, -0.25) is 0 Å². The van der Waals surface area contributed by atoms with Crippen molar-refractivity contribution in [3.8, 4) is 0 Å². The molecule has 4 aromatic rings. The van der Waals surface area contributed by atoms with Crippen LogP contribution in [0.1, 0.15) is 49.7 Å². The predicted octanol–water partition coefficient (Wildman–Crippen LogP) is 10.9. The quantitative estimate of drug-likeness (QED) is 0.239. The zero-order valence-corrected chi connectivity index (χ0v) is 25.7. The van der Waals surface area contributed by atoms with Crippen molar-refractivity contribution in [3.05, 3.63) is 155 Å². The third-order valence-corrected chi connectivity index (χ3v) is 12.6. The van der Waals surface area contributed by atoms with Gasteiger partial charge in [0, 0.05) is 5.56 Å². The number of allylic oxidation sites excluding steroid dienone is 11.